The molecule has 0 saturated heterocycles. The van der Waals surface area contributed by atoms with Crippen molar-refractivity contribution in [3.8, 4) is 0 Å². The lowest BCUT2D eigenvalue weighted by Crippen LogP contribution is -1.95. The molecule has 0 saturated carbocycles. The number of hydrogen-bond acceptors (Lipinski definition) is 3. The van der Waals surface area contributed by atoms with Crippen LogP contribution in [0.2, 0.25) is 0 Å². The summed E-state index contributed by atoms with van der Waals surface area (Å²) in [5, 5.41) is 4.24. The standard InChI is InChI=1S/C15H17N3.ClH/c1-11-8-13(3)14(9-12(11)2)10-17-18-15-4-6-16-7-5-15;/h4-10H,1-3H3,(H,16,18);1H. The summed E-state index contributed by atoms with van der Waals surface area (Å²) in [6, 6.07) is 8.10. The zero-order valence-electron chi connectivity index (χ0n) is 11.3. The summed E-state index contributed by atoms with van der Waals surface area (Å²) in [4.78, 5) is 3.96. The van der Waals surface area contributed by atoms with Gasteiger partial charge in [0.2, 0.25) is 0 Å². The van der Waals surface area contributed by atoms with E-state index < -0.39 is 0 Å². The van der Waals surface area contributed by atoms with Gasteiger partial charge in [-0.25, -0.2) is 0 Å². The van der Waals surface area contributed by atoms with Crippen LogP contribution in [0.1, 0.15) is 22.3 Å². The molecule has 0 bridgehead atoms. The van der Waals surface area contributed by atoms with Crippen LogP contribution in [-0.4, -0.2) is 11.2 Å². The number of pyridine rings is 1. The maximum Gasteiger partial charge on any atom is 0.0592 e. The number of hydrazone groups is 1. The van der Waals surface area contributed by atoms with Gasteiger partial charge in [-0.15, -0.1) is 12.4 Å². The summed E-state index contributed by atoms with van der Waals surface area (Å²) in [6.45, 7) is 6.33. The molecular formula is C15H18ClN3. The van der Waals surface area contributed by atoms with Gasteiger partial charge < -0.3 is 0 Å². The van der Waals surface area contributed by atoms with E-state index in [1.54, 1.807) is 12.4 Å². The first-order valence-corrected chi connectivity index (χ1v) is 5.94. The molecule has 0 unspecified atom stereocenters. The molecule has 0 aliphatic heterocycles. The molecule has 0 aliphatic rings. The molecule has 19 heavy (non-hydrogen) atoms. The Balaban J connectivity index is 0.00000180. The fourth-order valence-electron chi connectivity index (χ4n) is 1.72. The van der Waals surface area contributed by atoms with Gasteiger partial charge in [-0.2, -0.15) is 5.10 Å². The third-order valence-electron chi connectivity index (χ3n) is 2.96. The highest BCUT2D eigenvalue weighted by Gasteiger charge is 1.99. The van der Waals surface area contributed by atoms with E-state index in [1.807, 2.05) is 18.3 Å². The van der Waals surface area contributed by atoms with Crippen molar-refractivity contribution < 1.29 is 0 Å². The molecule has 1 aromatic heterocycles. The molecular weight excluding hydrogens is 258 g/mol. The van der Waals surface area contributed by atoms with Crippen LogP contribution in [0.15, 0.2) is 41.8 Å². The zero-order valence-corrected chi connectivity index (χ0v) is 12.2. The van der Waals surface area contributed by atoms with Crippen molar-refractivity contribution in [2.45, 2.75) is 20.8 Å². The minimum atomic E-state index is 0. The summed E-state index contributed by atoms with van der Waals surface area (Å²) in [5.74, 6) is 0. The Kier molecular flexibility index (Phi) is 5.52. The molecule has 2 rings (SSSR count). The predicted octanol–water partition coefficient (Wildman–Crippen LogP) is 3.87. The summed E-state index contributed by atoms with van der Waals surface area (Å²) < 4.78 is 0. The highest BCUT2D eigenvalue weighted by atomic mass is 35.5. The van der Waals surface area contributed by atoms with E-state index in [1.165, 1.54) is 16.7 Å². The molecule has 0 spiro atoms. The van der Waals surface area contributed by atoms with Crippen molar-refractivity contribution in [3.05, 3.63) is 58.9 Å². The normalized spacial score (nSPS) is 10.3. The Hall–Kier alpha value is -1.87. The third-order valence-corrected chi connectivity index (χ3v) is 2.96. The van der Waals surface area contributed by atoms with Crippen LogP contribution >= 0.6 is 12.4 Å². The van der Waals surface area contributed by atoms with Gasteiger partial charge in [0.05, 0.1) is 11.9 Å². The second-order valence-electron chi connectivity index (χ2n) is 4.40. The summed E-state index contributed by atoms with van der Waals surface area (Å²) in [6.07, 6.45) is 5.32. The molecule has 0 radical (unpaired) electrons. The van der Waals surface area contributed by atoms with Crippen molar-refractivity contribution >= 4 is 24.3 Å². The number of aromatic nitrogens is 1. The lowest BCUT2D eigenvalue weighted by Gasteiger charge is -2.05. The first kappa shape index (κ1) is 15.2. The Morgan fingerprint density at radius 1 is 1.00 bits per heavy atom. The highest BCUT2D eigenvalue weighted by molar-refractivity contribution is 5.85. The molecule has 3 nitrogen and oxygen atoms in total. The first-order chi connectivity index (χ1) is 8.66. The van der Waals surface area contributed by atoms with E-state index in [9.17, 15) is 0 Å². The molecule has 2 aromatic rings. The number of anilines is 1. The Bertz CT molecular complexity index is 565. The molecule has 0 amide bonds. The number of nitrogens with zero attached hydrogens (tertiary/aromatic N) is 2. The van der Waals surface area contributed by atoms with Gasteiger partial charge in [-0.3, -0.25) is 10.4 Å². The average molecular weight is 276 g/mol. The van der Waals surface area contributed by atoms with E-state index in [2.05, 4.69) is 48.4 Å². The maximum absolute atomic E-state index is 4.24. The minimum Gasteiger partial charge on any atom is -0.278 e. The van der Waals surface area contributed by atoms with Gasteiger partial charge in [0.15, 0.2) is 0 Å². The van der Waals surface area contributed by atoms with E-state index in [0.717, 1.165) is 11.3 Å². The Labute approximate surface area is 120 Å². The third kappa shape index (κ3) is 4.07. The summed E-state index contributed by atoms with van der Waals surface area (Å²) in [7, 11) is 0. The van der Waals surface area contributed by atoms with Gasteiger partial charge in [0.25, 0.3) is 0 Å². The fraction of sp³-hybridized carbons (Fsp3) is 0.200. The number of halogens is 1. The number of nitrogens with one attached hydrogen (secondary N) is 1. The van der Waals surface area contributed by atoms with Crippen LogP contribution < -0.4 is 5.43 Å². The second kappa shape index (κ2) is 6.90. The van der Waals surface area contributed by atoms with Crippen molar-refractivity contribution in [1.82, 2.24) is 4.98 Å². The Morgan fingerprint density at radius 2 is 1.63 bits per heavy atom. The first-order valence-electron chi connectivity index (χ1n) is 5.94. The maximum atomic E-state index is 4.24. The van der Waals surface area contributed by atoms with Crippen molar-refractivity contribution in [1.29, 1.82) is 0 Å². The number of hydrogen-bond donors (Lipinski definition) is 1. The topological polar surface area (TPSA) is 37.3 Å². The van der Waals surface area contributed by atoms with E-state index in [4.69, 9.17) is 0 Å². The fourth-order valence-corrected chi connectivity index (χ4v) is 1.72. The van der Waals surface area contributed by atoms with Crippen LogP contribution in [0.25, 0.3) is 0 Å². The molecule has 0 fully saturated rings. The molecule has 1 heterocycles. The largest absolute Gasteiger partial charge is 0.278 e. The van der Waals surface area contributed by atoms with Crippen molar-refractivity contribution in [3.63, 3.8) is 0 Å². The Morgan fingerprint density at radius 3 is 2.32 bits per heavy atom. The number of rotatable bonds is 3. The quantitative estimate of drug-likeness (QED) is 0.682. The van der Waals surface area contributed by atoms with Gasteiger partial charge >= 0.3 is 0 Å². The average Bonchev–Trinajstić information content (AvgIpc) is 2.37. The lowest BCUT2D eigenvalue weighted by atomic mass is 10.0. The van der Waals surface area contributed by atoms with E-state index in [0.29, 0.717) is 0 Å². The monoisotopic (exact) mass is 275 g/mol. The molecule has 0 aliphatic carbocycles. The molecule has 1 aromatic carbocycles. The predicted molar refractivity (Wildman–Crippen MR) is 83.4 cm³/mol. The van der Waals surface area contributed by atoms with Crippen LogP contribution in [-0.2, 0) is 0 Å². The summed E-state index contributed by atoms with van der Waals surface area (Å²) in [5.41, 5.74) is 8.89. The number of aryl methyl sites for hydroxylation is 3. The molecule has 100 valence electrons. The van der Waals surface area contributed by atoms with Crippen molar-refractivity contribution in [2.75, 3.05) is 5.43 Å². The second-order valence-corrected chi connectivity index (χ2v) is 4.40. The smallest absolute Gasteiger partial charge is 0.0592 e. The molecule has 4 heteroatoms. The van der Waals surface area contributed by atoms with Crippen LogP contribution in [0, 0.1) is 20.8 Å². The molecule has 0 atom stereocenters. The number of benzene rings is 1. The summed E-state index contributed by atoms with van der Waals surface area (Å²) >= 11 is 0. The van der Waals surface area contributed by atoms with E-state index in [-0.39, 0.29) is 12.4 Å². The van der Waals surface area contributed by atoms with Crippen molar-refractivity contribution in [2.24, 2.45) is 5.10 Å². The van der Waals surface area contributed by atoms with Crippen LogP contribution in [0.3, 0.4) is 0 Å². The van der Waals surface area contributed by atoms with Gasteiger partial charge in [-0.1, -0.05) is 6.07 Å². The van der Waals surface area contributed by atoms with E-state index >= 15 is 0 Å². The van der Waals surface area contributed by atoms with Crippen LogP contribution in [0.5, 0.6) is 0 Å². The lowest BCUT2D eigenvalue weighted by molar-refractivity contribution is 1.27. The SMILES string of the molecule is Cc1cc(C)c(C=NNc2ccncc2)cc1C.Cl. The zero-order chi connectivity index (χ0) is 13.0. The molecule has 1 N–H and O–H groups in total. The van der Waals surface area contributed by atoms with Gasteiger partial charge in [-0.05, 0) is 61.2 Å². The van der Waals surface area contributed by atoms with Crippen LogP contribution in [0.4, 0.5) is 5.69 Å². The highest BCUT2D eigenvalue weighted by Crippen LogP contribution is 2.13. The minimum absolute atomic E-state index is 0. The van der Waals surface area contributed by atoms with Gasteiger partial charge in [0.1, 0.15) is 0 Å². The van der Waals surface area contributed by atoms with Gasteiger partial charge in [0, 0.05) is 12.4 Å².